The predicted molar refractivity (Wildman–Crippen MR) is 76.9 cm³/mol. The van der Waals surface area contributed by atoms with E-state index in [9.17, 15) is 0 Å². The fourth-order valence-electron chi connectivity index (χ4n) is 2.18. The summed E-state index contributed by atoms with van der Waals surface area (Å²) in [6, 6.07) is 7.97. The molecule has 1 heterocycles. The molecule has 1 aromatic carbocycles. The first kappa shape index (κ1) is 14.0. The maximum atomic E-state index is 5.99. The second-order valence-corrected chi connectivity index (χ2v) is 5.35. The van der Waals surface area contributed by atoms with Crippen LogP contribution in [0.5, 0.6) is 0 Å². The van der Waals surface area contributed by atoms with Gasteiger partial charge in [-0.3, -0.25) is 0 Å². The molecular formula is C15H23N3O. The molecule has 0 spiro atoms. The van der Waals surface area contributed by atoms with E-state index in [-0.39, 0.29) is 0 Å². The Labute approximate surface area is 114 Å². The van der Waals surface area contributed by atoms with Crippen LogP contribution in [0.15, 0.2) is 24.3 Å². The van der Waals surface area contributed by atoms with Gasteiger partial charge in [-0.05, 0) is 32.4 Å². The molecule has 2 rings (SSSR count). The number of ether oxygens (including phenoxy) is 1. The van der Waals surface area contributed by atoms with Crippen molar-refractivity contribution < 1.29 is 4.74 Å². The molecule has 0 unspecified atom stereocenters. The average Bonchev–Trinajstić information content (AvgIpc) is 2.83. The number of hydrogen-bond acceptors (Lipinski definition) is 3. The van der Waals surface area contributed by atoms with Gasteiger partial charge in [0.1, 0.15) is 5.52 Å². The van der Waals surface area contributed by atoms with Crippen LogP contribution in [0.3, 0.4) is 0 Å². The van der Waals surface area contributed by atoms with Crippen molar-refractivity contribution >= 4 is 11.0 Å². The van der Waals surface area contributed by atoms with E-state index in [1.807, 2.05) is 42.8 Å². The number of para-hydroxylation sites is 1. The van der Waals surface area contributed by atoms with Gasteiger partial charge in [0.05, 0.1) is 5.52 Å². The van der Waals surface area contributed by atoms with Crippen LogP contribution >= 0.6 is 0 Å². The third-order valence-corrected chi connectivity index (χ3v) is 3.32. The molecule has 0 atom stereocenters. The zero-order valence-corrected chi connectivity index (χ0v) is 12.1. The Morgan fingerprint density at radius 2 is 1.95 bits per heavy atom. The van der Waals surface area contributed by atoms with Crippen molar-refractivity contribution in [2.24, 2.45) is 0 Å². The van der Waals surface area contributed by atoms with Gasteiger partial charge in [-0.2, -0.15) is 0 Å². The lowest BCUT2D eigenvalue weighted by molar-refractivity contribution is -0.0856. The maximum Gasteiger partial charge on any atom is 0.157 e. The third kappa shape index (κ3) is 3.32. The predicted octanol–water partition coefficient (Wildman–Crippen LogP) is 3.72. The Balaban J connectivity index is 2.02. The molecule has 0 saturated carbocycles. The molecule has 4 heteroatoms. The number of benzene rings is 1. The van der Waals surface area contributed by atoms with Crippen molar-refractivity contribution in [3.63, 3.8) is 0 Å². The SMILES string of the molecule is CCCCCCOC(C)(C)n1nnc2ccccc21. The minimum absolute atomic E-state index is 0.456. The molecule has 0 saturated heterocycles. The topological polar surface area (TPSA) is 39.9 Å². The molecule has 0 N–H and O–H groups in total. The van der Waals surface area contributed by atoms with Crippen LogP contribution in [0.1, 0.15) is 46.5 Å². The fraction of sp³-hybridized carbons (Fsp3) is 0.600. The Kier molecular flexibility index (Phi) is 4.53. The molecule has 2 aromatic rings. The first-order valence-corrected chi connectivity index (χ1v) is 7.10. The van der Waals surface area contributed by atoms with Crippen LogP contribution in [-0.2, 0) is 10.5 Å². The minimum Gasteiger partial charge on any atom is -0.354 e. The molecule has 0 aliphatic heterocycles. The molecule has 1 aromatic heterocycles. The van der Waals surface area contributed by atoms with Crippen molar-refractivity contribution in [3.05, 3.63) is 24.3 Å². The maximum absolute atomic E-state index is 5.99. The molecular weight excluding hydrogens is 238 g/mol. The molecule has 0 radical (unpaired) electrons. The fourth-order valence-corrected chi connectivity index (χ4v) is 2.18. The van der Waals surface area contributed by atoms with Gasteiger partial charge in [0.25, 0.3) is 0 Å². The van der Waals surface area contributed by atoms with E-state index < -0.39 is 5.72 Å². The highest BCUT2D eigenvalue weighted by Gasteiger charge is 2.24. The van der Waals surface area contributed by atoms with Gasteiger partial charge in [-0.1, -0.05) is 43.5 Å². The van der Waals surface area contributed by atoms with E-state index >= 15 is 0 Å². The Bertz CT molecular complexity index is 519. The van der Waals surface area contributed by atoms with Crippen molar-refractivity contribution in [2.45, 2.75) is 52.2 Å². The Morgan fingerprint density at radius 1 is 1.16 bits per heavy atom. The number of fused-ring (bicyclic) bond motifs is 1. The summed E-state index contributed by atoms with van der Waals surface area (Å²) in [6.07, 6.45) is 4.85. The van der Waals surface area contributed by atoms with Gasteiger partial charge in [-0.15, -0.1) is 5.10 Å². The van der Waals surface area contributed by atoms with Gasteiger partial charge < -0.3 is 4.74 Å². The van der Waals surface area contributed by atoms with Gasteiger partial charge in [0.15, 0.2) is 5.72 Å². The standard InChI is InChI=1S/C15H23N3O/c1-4-5-6-9-12-19-15(2,3)18-14-11-8-7-10-13(14)16-17-18/h7-8,10-11H,4-6,9,12H2,1-3H3. The second-order valence-electron chi connectivity index (χ2n) is 5.35. The molecule has 0 bridgehead atoms. The molecule has 104 valence electrons. The molecule has 0 amide bonds. The number of rotatable bonds is 7. The number of nitrogens with zero attached hydrogens (tertiary/aromatic N) is 3. The third-order valence-electron chi connectivity index (χ3n) is 3.32. The Morgan fingerprint density at radius 3 is 2.74 bits per heavy atom. The summed E-state index contributed by atoms with van der Waals surface area (Å²) < 4.78 is 7.85. The van der Waals surface area contributed by atoms with Gasteiger partial charge in [0, 0.05) is 6.61 Å². The summed E-state index contributed by atoms with van der Waals surface area (Å²) >= 11 is 0. The normalized spacial score (nSPS) is 12.2. The number of unbranched alkanes of at least 4 members (excludes halogenated alkanes) is 3. The Hall–Kier alpha value is -1.42. The quantitative estimate of drug-likeness (QED) is 0.713. The highest BCUT2D eigenvalue weighted by atomic mass is 16.5. The van der Waals surface area contributed by atoms with Crippen LogP contribution in [-0.4, -0.2) is 21.6 Å². The largest absolute Gasteiger partial charge is 0.354 e. The summed E-state index contributed by atoms with van der Waals surface area (Å²) in [5.74, 6) is 0. The zero-order chi connectivity index (χ0) is 13.7. The summed E-state index contributed by atoms with van der Waals surface area (Å²) in [6.45, 7) is 7.05. The van der Waals surface area contributed by atoms with E-state index in [0.717, 1.165) is 24.1 Å². The van der Waals surface area contributed by atoms with E-state index in [1.165, 1.54) is 19.3 Å². The van der Waals surface area contributed by atoms with E-state index in [2.05, 4.69) is 17.2 Å². The van der Waals surface area contributed by atoms with Crippen molar-refractivity contribution in [3.8, 4) is 0 Å². The van der Waals surface area contributed by atoms with E-state index in [0.29, 0.717) is 0 Å². The summed E-state index contributed by atoms with van der Waals surface area (Å²) in [4.78, 5) is 0. The minimum atomic E-state index is -0.456. The van der Waals surface area contributed by atoms with Crippen LogP contribution in [0, 0.1) is 0 Å². The van der Waals surface area contributed by atoms with Gasteiger partial charge in [-0.25, -0.2) is 4.68 Å². The summed E-state index contributed by atoms with van der Waals surface area (Å²) in [5.41, 5.74) is 1.47. The van der Waals surface area contributed by atoms with Crippen molar-refractivity contribution in [1.29, 1.82) is 0 Å². The van der Waals surface area contributed by atoms with E-state index in [4.69, 9.17) is 4.74 Å². The van der Waals surface area contributed by atoms with Crippen LogP contribution in [0.4, 0.5) is 0 Å². The lowest BCUT2D eigenvalue weighted by atomic mass is 10.2. The zero-order valence-electron chi connectivity index (χ0n) is 12.1. The molecule has 0 fully saturated rings. The second kappa shape index (κ2) is 6.15. The van der Waals surface area contributed by atoms with Gasteiger partial charge >= 0.3 is 0 Å². The molecule has 4 nitrogen and oxygen atoms in total. The average molecular weight is 261 g/mol. The number of aromatic nitrogens is 3. The summed E-state index contributed by atoms with van der Waals surface area (Å²) in [7, 11) is 0. The first-order valence-electron chi connectivity index (χ1n) is 7.10. The summed E-state index contributed by atoms with van der Waals surface area (Å²) in [5, 5.41) is 8.40. The molecule has 0 aliphatic carbocycles. The first-order chi connectivity index (χ1) is 9.15. The van der Waals surface area contributed by atoms with Gasteiger partial charge in [0.2, 0.25) is 0 Å². The van der Waals surface area contributed by atoms with Crippen LogP contribution in [0.2, 0.25) is 0 Å². The number of hydrogen-bond donors (Lipinski definition) is 0. The molecule has 19 heavy (non-hydrogen) atoms. The van der Waals surface area contributed by atoms with Crippen LogP contribution < -0.4 is 0 Å². The monoisotopic (exact) mass is 261 g/mol. The highest BCUT2D eigenvalue weighted by Crippen LogP contribution is 2.22. The lowest BCUT2D eigenvalue weighted by Crippen LogP contribution is -2.31. The lowest BCUT2D eigenvalue weighted by Gasteiger charge is -2.26. The highest BCUT2D eigenvalue weighted by molar-refractivity contribution is 5.74. The van der Waals surface area contributed by atoms with E-state index in [1.54, 1.807) is 0 Å². The van der Waals surface area contributed by atoms with Crippen molar-refractivity contribution in [2.75, 3.05) is 6.61 Å². The van der Waals surface area contributed by atoms with Crippen molar-refractivity contribution in [1.82, 2.24) is 15.0 Å². The van der Waals surface area contributed by atoms with Crippen LogP contribution in [0.25, 0.3) is 11.0 Å². The molecule has 0 aliphatic rings. The smallest absolute Gasteiger partial charge is 0.157 e.